The second-order valence-electron chi connectivity index (χ2n) is 8.02. The first-order chi connectivity index (χ1) is 16.4. The maximum atomic E-state index is 12.9. The van der Waals surface area contributed by atoms with Gasteiger partial charge in [0.25, 0.3) is 5.91 Å². The van der Waals surface area contributed by atoms with Crippen LogP contribution in [0.4, 0.5) is 0 Å². The summed E-state index contributed by atoms with van der Waals surface area (Å²) in [5, 5.41) is 8.93. The highest BCUT2D eigenvalue weighted by Crippen LogP contribution is 2.24. The van der Waals surface area contributed by atoms with Crippen LogP contribution in [-0.4, -0.2) is 55.8 Å². The average Bonchev–Trinajstić information content (AvgIpc) is 2.89. The zero-order chi connectivity index (χ0) is 24.1. The van der Waals surface area contributed by atoms with Gasteiger partial charge in [-0.2, -0.15) is 9.57 Å². The summed E-state index contributed by atoms with van der Waals surface area (Å²) in [7, 11) is -3.56. The van der Waals surface area contributed by atoms with Gasteiger partial charge in [-0.3, -0.25) is 4.79 Å². The van der Waals surface area contributed by atoms with Gasteiger partial charge in [-0.05, 0) is 54.4 Å². The Bertz CT molecular complexity index is 1280. The minimum absolute atomic E-state index is 0.173. The minimum atomic E-state index is -3.56. The van der Waals surface area contributed by atoms with E-state index in [4.69, 9.17) is 10.00 Å². The quantitative estimate of drug-likeness (QED) is 0.544. The number of sulfonamides is 1. The van der Waals surface area contributed by atoms with Crippen LogP contribution in [0.15, 0.2) is 83.8 Å². The molecule has 0 saturated carbocycles. The fraction of sp³-hybridized carbons (Fsp3) is 0.231. The summed E-state index contributed by atoms with van der Waals surface area (Å²) < 4.78 is 32.8. The highest BCUT2D eigenvalue weighted by Gasteiger charge is 2.31. The van der Waals surface area contributed by atoms with Gasteiger partial charge in [0.2, 0.25) is 10.0 Å². The normalized spacial score (nSPS) is 15.4. The number of carbonyl (C=O) groups is 1. The number of nitrogens with zero attached hydrogens (tertiary/aromatic N) is 3. The molecule has 0 bridgehead atoms. The predicted octanol–water partition coefficient (Wildman–Crippen LogP) is 3.53. The third-order valence-electron chi connectivity index (χ3n) is 5.79. The molecule has 34 heavy (non-hydrogen) atoms. The van der Waals surface area contributed by atoms with Crippen molar-refractivity contribution in [1.29, 1.82) is 5.26 Å². The molecule has 0 N–H and O–H groups in total. The first-order valence-corrected chi connectivity index (χ1v) is 12.4. The Hall–Kier alpha value is -3.67. The Labute approximate surface area is 199 Å². The topological polar surface area (TPSA) is 90.7 Å². The van der Waals surface area contributed by atoms with Crippen molar-refractivity contribution in [3.8, 4) is 22.9 Å². The lowest BCUT2D eigenvalue weighted by Crippen LogP contribution is -2.53. The molecule has 0 aliphatic carbocycles. The summed E-state index contributed by atoms with van der Waals surface area (Å²) >= 11 is 0. The van der Waals surface area contributed by atoms with Crippen molar-refractivity contribution in [3.63, 3.8) is 0 Å². The van der Waals surface area contributed by atoms with Gasteiger partial charge in [0.1, 0.15) is 5.75 Å². The van der Waals surface area contributed by atoms with Crippen LogP contribution < -0.4 is 4.74 Å². The Morgan fingerprint density at radius 2 is 1.44 bits per heavy atom. The van der Waals surface area contributed by atoms with Crippen molar-refractivity contribution in [2.24, 2.45) is 0 Å². The van der Waals surface area contributed by atoms with Crippen molar-refractivity contribution < 1.29 is 17.9 Å². The fourth-order valence-corrected chi connectivity index (χ4v) is 5.31. The Balaban J connectivity index is 1.33. The number of benzene rings is 3. The Kier molecular flexibility index (Phi) is 6.96. The molecule has 7 nitrogen and oxygen atoms in total. The monoisotopic (exact) mass is 475 g/mol. The molecule has 1 aliphatic rings. The molecule has 1 heterocycles. The smallest absolute Gasteiger partial charge is 0.263 e. The van der Waals surface area contributed by atoms with Crippen LogP contribution in [-0.2, 0) is 14.8 Å². The maximum Gasteiger partial charge on any atom is 0.263 e. The van der Waals surface area contributed by atoms with Crippen LogP contribution in [0.25, 0.3) is 11.1 Å². The van der Waals surface area contributed by atoms with Crippen molar-refractivity contribution in [2.75, 3.05) is 26.2 Å². The highest BCUT2D eigenvalue weighted by molar-refractivity contribution is 7.89. The van der Waals surface area contributed by atoms with Crippen molar-refractivity contribution in [2.45, 2.75) is 17.9 Å². The zero-order valence-corrected chi connectivity index (χ0v) is 19.6. The number of ether oxygens (including phenoxy) is 1. The molecule has 3 aromatic rings. The number of carbonyl (C=O) groups excluding carboxylic acids is 1. The Morgan fingerprint density at radius 3 is 2.00 bits per heavy atom. The fourth-order valence-electron chi connectivity index (χ4n) is 3.87. The molecule has 8 heteroatoms. The molecule has 174 valence electrons. The molecule has 1 atom stereocenters. The van der Waals surface area contributed by atoms with Gasteiger partial charge in [0.05, 0.1) is 16.5 Å². The van der Waals surface area contributed by atoms with Crippen LogP contribution >= 0.6 is 0 Å². The van der Waals surface area contributed by atoms with Gasteiger partial charge in [0, 0.05) is 26.2 Å². The predicted molar refractivity (Wildman–Crippen MR) is 128 cm³/mol. The number of amides is 1. The molecule has 0 spiro atoms. The molecule has 0 aromatic heterocycles. The van der Waals surface area contributed by atoms with Gasteiger partial charge < -0.3 is 9.64 Å². The van der Waals surface area contributed by atoms with E-state index < -0.39 is 16.1 Å². The van der Waals surface area contributed by atoms with Crippen LogP contribution in [0.3, 0.4) is 0 Å². The summed E-state index contributed by atoms with van der Waals surface area (Å²) in [6.45, 7) is 2.82. The third kappa shape index (κ3) is 5.11. The molecule has 3 aromatic carbocycles. The number of piperazine rings is 1. The third-order valence-corrected chi connectivity index (χ3v) is 7.71. The largest absolute Gasteiger partial charge is 0.481 e. The first kappa shape index (κ1) is 23.5. The number of hydrogen-bond acceptors (Lipinski definition) is 5. The lowest BCUT2D eigenvalue weighted by molar-refractivity contribution is -0.139. The lowest BCUT2D eigenvalue weighted by Gasteiger charge is -2.35. The zero-order valence-electron chi connectivity index (χ0n) is 18.8. The van der Waals surface area contributed by atoms with Crippen molar-refractivity contribution in [1.82, 2.24) is 9.21 Å². The summed E-state index contributed by atoms with van der Waals surface area (Å²) in [4.78, 5) is 14.8. The van der Waals surface area contributed by atoms with E-state index in [0.717, 1.165) is 11.1 Å². The molecule has 0 radical (unpaired) electrons. The van der Waals surface area contributed by atoms with Crippen LogP contribution in [0, 0.1) is 11.3 Å². The first-order valence-electron chi connectivity index (χ1n) is 11.0. The van der Waals surface area contributed by atoms with Crippen LogP contribution in [0.5, 0.6) is 5.75 Å². The lowest BCUT2D eigenvalue weighted by atomic mass is 10.0. The molecular weight excluding hydrogens is 450 g/mol. The molecule has 1 fully saturated rings. The van der Waals surface area contributed by atoms with E-state index in [0.29, 0.717) is 24.4 Å². The second kappa shape index (κ2) is 10.1. The molecule has 1 amide bonds. The SMILES string of the molecule is CC(Oc1ccc(-c2ccc(C#N)cc2)cc1)C(=O)N1CCN(S(=O)(=O)c2ccccc2)CC1. The highest BCUT2D eigenvalue weighted by atomic mass is 32.2. The molecule has 1 saturated heterocycles. The number of hydrogen-bond donors (Lipinski definition) is 0. The Morgan fingerprint density at radius 1 is 0.882 bits per heavy atom. The van der Waals surface area contributed by atoms with E-state index in [1.54, 1.807) is 54.3 Å². The number of rotatable bonds is 6. The van der Waals surface area contributed by atoms with Gasteiger partial charge in [0.15, 0.2) is 6.10 Å². The molecule has 4 rings (SSSR count). The number of nitriles is 1. The summed E-state index contributed by atoms with van der Waals surface area (Å²) in [6.07, 6.45) is -0.696. The van der Waals surface area contributed by atoms with Gasteiger partial charge in [-0.25, -0.2) is 8.42 Å². The molecule has 1 unspecified atom stereocenters. The second-order valence-corrected chi connectivity index (χ2v) is 9.95. The average molecular weight is 476 g/mol. The van der Waals surface area contributed by atoms with E-state index in [1.807, 2.05) is 36.4 Å². The van der Waals surface area contributed by atoms with E-state index in [1.165, 1.54) is 4.31 Å². The summed E-state index contributed by atoms with van der Waals surface area (Å²) in [5.74, 6) is 0.400. The van der Waals surface area contributed by atoms with Crippen molar-refractivity contribution >= 4 is 15.9 Å². The van der Waals surface area contributed by atoms with Crippen LogP contribution in [0.1, 0.15) is 12.5 Å². The van der Waals surface area contributed by atoms with E-state index >= 15 is 0 Å². The van der Waals surface area contributed by atoms with Gasteiger partial charge >= 0.3 is 0 Å². The van der Waals surface area contributed by atoms with E-state index in [2.05, 4.69) is 6.07 Å². The standard InChI is InChI=1S/C26H25N3O4S/c1-20(33-24-13-11-23(12-14-24)22-9-7-21(19-27)8-10-22)26(30)28-15-17-29(18-16-28)34(31,32)25-5-3-2-4-6-25/h2-14,20H,15-18H2,1H3. The summed E-state index contributed by atoms with van der Waals surface area (Å²) in [6, 6.07) is 25.2. The van der Waals surface area contributed by atoms with Crippen molar-refractivity contribution in [3.05, 3.63) is 84.4 Å². The molecule has 1 aliphatic heterocycles. The van der Waals surface area contributed by atoms with E-state index in [-0.39, 0.29) is 23.9 Å². The molecular formula is C26H25N3O4S. The van der Waals surface area contributed by atoms with Gasteiger partial charge in [-0.15, -0.1) is 0 Å². The minimum Gasteiger partial charge on any atom is -0.481 e. The van der Waals surface area contributed by atoms with Crippen LogP contribution in [0.2, 0.25) is 0 Å². The summed E-state index contributed by atoms with van der Waals surface area (Å²) in [5.41, 5.74) is 2.57. The maximum absolute atomic E-state index is 12.9. The van der Waals surface area contributed by atoms with E-state index in [9.17, 15) is 13.2 Å². The van der Waals surface area contributed by atoms with Gasteiger partial charge in [-0.1, -0.05) is 42.5 Å².